The lowest BCUT2D eigenvalue weighted by molar-refractivity contribution is -0.0494. The van der Waals surface area contributed by atoms with Gasteiger partial charge in [-0.05, 0) is 33.6 Å². The minimum atomic E-state index is -5.27. The quantitative estimate of drug-likeness (QED) is 0.310. The van der Waals surface area contributed by atoms with Crippen molar-refractivity contribution in [1.29, 1.82) is 0 Å². The Kier molecular flexibility index (Phi) is 10.5. The molecule has 0 aliphatic carbocycles. The van der Waals surface area contributed by atoms with Crippen LogP contribution in [0.15, 0.2) is 4.99 Å². The molecule has 1 unspecified atom stereocenters. The zero-order valence-electron chi connectivity index (χ0n) is 15.8. The van der Waals surface area contributed by atoms with E-state index < -0.39 is 26.3 Å². The molecule has 0 amide bonds. The minimum absolute atomic E-state index is 0. The first kappa shape index (κ1) is 26.9. The monoisotopic (exact) mass is 548 g/mol. The van der Waals surface area contributed by atoms with E-state index in [-0.39, 0.29) is 60.7 Å². The summed E-state index contributed by atoms with van der Waals surface area (Å²) >= 11 is 0. The largest absolute Gasteiger partial charge is 0.511 e. The SMILES string of the molecule is CN=C(NCCS(=O)C(C)(C)C)NC1CCN(S(=O)(=O)C(F)(F)F)CC1.I. The fraction of sp³-hybridized carbons (Fsp3) is 0.929. The van der Waals surface area contributed by atoms with Gasteiger partial charge in [-0.3, -0.25) is 9.20 Å². The molecule has 13 heteroatoms. The Labute approximate surface area is 178 Å². The van der Waals surface area contributed by atoms with Crippen LogP contribution in [0.5, 0.6) is 0 Å². The number of nitrogens with one attached hydrogen (secondary N) is 2. The Balaban J connectivity index is 0.00000676. The van der Waals surface area contributed by atoms with Crippen LogP contribution < -0.4 is 10.6 Å². The van der Waals surface area contributed by atoms with Crippen LogP contribution in [0.4, 0.5) is 13.2 Å². The summed E-state index contributed by atoms with van der Waals surface area (Å²) in [5.74, 6) is 0.889. The standard InChI is InChI=1S/C14H27F3N4O3S2.HI/c1-13(2,3)25(22)10-7-19-12(18-4)20-11-5-8-21(9-6-11)26(23,24)14(15,16)17;/h11H,5-10H2,1-4H3,(H2,18,19,20);1H. The number of hydrogen-bond donors (Lipinski definition) is 2. The van der Waals surface area contributed by atoms with Crippen molar-refractivity contribution in [3.63, 3.8) is 0 Å². The molecule has 0 aromatic rings. The van der Waals surface area contributed by atoms with E-state index in [1.54, 1.807) is 7.05 Å². The molecule has 2 N–H and O–H groups in total. The van der Waals surface area contributed by atoms with E-state index in [0.29, 0.717) is 22.6 Å². The number of guanidine groups is 1. The van der Waals surface area contributed by atoms with E-state index >= 15 is 0 Å². The number of sulfonamides is 1. The van der Waals surface area contributed by atoms with E-state index in [4.69, 9.17) is 0 Å². The lowest BCUT2D eigenvalue weighted by Crippen LogP contribution is -2.52. The molecule has 0 radical (unpaired) electrons. The number of piperidine rings is 1. The summed E-state index contributed by atoms with van der Waals surface area (Å²) in [6.07, 6.45) is 0.480. The Hall–Kier alpha value is -0.150. The maximum Gasteiger partial charge on any atom is 0.511 e. The van der Waals surface area contributed by atoms with Crippen molar-refractivity contribution in [2.24, 2.45) is 4.99 Å². The molecule has 0 bridgehead atoms. The first-order valence-corrected chi connectivity index (χ1v) is 11.0. The third-order valence-electron chi connectivity index (χ3n) is 3.91. The van der Waals surface area contributed by atoms with Gasteiger partial charge in [0.1, 0.15) is 0 Å². The second-order valence-electron chi connectivity index (χ2n) is 6.93. The van der Waals surface area contributed by atoms with Crippen LogP contribution in [0.2, 0.25) is 0 Å². The van der Waals surface area contributed by atoms with Gasteiger partial charge in [0.15, 0.2) is 5.96 Å². The van der Waals surface area contributed by atoms with E-state index in [2.05, 4.69) is 15.6 Å². The van der Waals surface area contributed by atoms with Gasteiger partial charge in [0.05, 0.1) is 0 Å². The van der Waals surface area contributed by atoms with E-state index in [1.807, 2.05) is 20.8 Å². The molecule has 1 fully saturated rings. The first-order valence-electron chi connectivity index (χ1n) is 8.21. The predicted octanol–water partition coefficient (Wildman–Crippen LogP) is 1.63. The molecule has 0 aromatic heterocycles. The van der Waals surface area contributed by atoms with Crippen LogP contribution in [0, 0.1) is 0 Å². The molecule has 7 nitrogen and oxygen atoms in total. The van der Waals surface area contributed by atoms with Crippen molar-refractivity contribution in [1.82, 2.24) is 14.9 Å². The van der Waals surface area contributed by atoms with Crippen LogP contribution in [-0.2, 0) is 20.8 Å². The van der Waals surface area contributed by atoms with Crippen LogP contribution in [0.3, 0.4) is 0 Å². The highest BCUT2D eigenvalue weighted by molar-refractivity contribution is 14.0. The molecule has 1 rings (SSSR count). The average molecular weight is 548 g/mol. The summed E-state index contributed by atoms with van der Waals surface area (Å²) in [6.45, 7) is 5.69. The van der Waals surface area contributed by atoms with Crippen molar-refractivity contribution in [2.45, 2.75) is 49.9 Å². The maximum atomic E-state index is 12.6. The van der Waals surface area contributed by atoms with Crippen LogP contribution in [0.1, 0.15) is 33.6 Å². The Morgan fingerprint density at radius 2 is 1.74 bits per heavy atom. The summed E-state index contributed by atoms with van der Waals surface area (Å²) in [5.41, 5.74) is -5.27. The fourth-order valence-corrected chi connectivity index (χ4v) is 4.23. The molecular weight excluding hydrogens is 520 g/mol. The smallest absolute Gasteiger partial charge is 0.355 e. The van der Waals surface area contributed by atoms with Crippen molar-refractivity contribution in [3.05, 3.63) is 0 Å². The summed E-state index contributed by atoms with van der Waals surface area (Å²) < 4.78 is 72.6. The normalized spacial score (nSPS) is 19.3. The molecule has 162 valence electrons. The van der Waals surface area contributed by atoms with Gasteiger partial charge < -0.3 is 10.6 Å². The number of alkyl halides is 3. The van der Waals surface area contributed by atoms with E-state index in [1.165, 1.54) is 0 Å². The molecule has 1 heterocycles. The molecular formula is C14H28F3IN4O3S2. The molecule has 27 heavy (non-hydrogen) atoms. The number of aliphatic imine (C=N–C) groups is 1. The Bertz CT molecular complexity index is 628. The average Bonchev–Trinajstić information content (AvgIpc) is 2.52. The third kappa shape index (κ3) is 8.01. The number of nitrogens with zero attached hydrogens (tertiary/aromatic N) is 2. The van der Waals surface area contributed by atoms with Crippen LogP contribution in [0.25, 0.3) is 0 Å². The lowest BCUT2D eigenvalue weighted by atomic mass is 10.1. The molecule has 1 aliphatic rings. The van der Waals surface area contributed by atoms with E-state index in [9.17, 15) is 25.8 Å². The van der Waals surface area contributed by atoms with Gasteiger partial charge in [-0.25, -0.2) is 8.42 Å². The van der Waals surface area contributed by atoms with Crippen LogP contribution >= 0.6 is 24.0 Å². The van der Waals surface area contributed by atoms with Gasteiger partial charge in [-0.1, -0.05) is 0 Å². The summed E-state index contributed by atoms with van der Waals surface area (Å²) in [7, 11) is -4.72. The lowest BCUT2D eigenvalue weighted by Gasteiger charge is -2.32. The maximum absolute atomic E-state index is 12.6. The van der Waals surface area contributed by atoms with Gasteiger partial charge in [0.25, 0.3) is 0 Å². The summed E-state index contributed by atoms with van der Waals surface area (Å²) in [4.78, 5) is 4.03. The molecule has 0 aromatic carbocycles. The molecule has 1 aliphatic heterocycles. The van der Waals surface area contributed by atoms with Gasteiger partial charge in [0.2, 0.25) is 0 Å². The fourth-order valence-electron chi connectivity index (χ4n) is 2.34. The zero-order valence-corrected chi connectivity index (χ0v) is 19.8. The third-order valence-corrected chi connectivity index (χ3v) is 7.48. The molecule has 0 spiro atoms. The number of halogens is 4. The first-order chi connectivity index (χ1) is 11.8. The van der Waals surface area contributed by atoms with Crippen molar-refractivity contribution < 1.29 is 25.8 Å². The van der Waals surface area contributed by atoms with Crippen molar-refractivity contribution >= 4 is 50.8 Å². The van der Waals surface area contributed by atoms with E-state index in [0.717, 1.165) is 0 Å². The Morgan fingerprint density at radius 1 is 1.22 bits per heavy atom. The summed E-state index contributed by atoms with van der Waals surface area (Å²) in [6, 6.07) is -0.186. The molecule has 1 atom stereocenters. The molecule has 0 saturated carbocycles. The second-order valence-corrected chi connectivity index (χ2v) is 11.2. The minimum Gasteiger partial charge on any atom is -0.355 e. The van der Waals surface area contributed by atoms with Crippen LogP contribution in [-0.4, -0.2) is 71.6 Å². The topological polar surface area (TPSA) is 90.9 Å². The van der Waals surface area contributed by atoms with Crippen molar-refractivity contribution in [3.8, 4) is 0 Å². The van der Waals surface area contributed by atoms with Gasteiger partial charge in [0, 0.05) is 54.0 Å². The highest BCUT2D eigenvalue weighted by Gasteiger charge is 2.50. The molecule has 1 saturated heterocycles. The predicted molar refractivity (Wildman–Crippen MR) is 112 cm³/mol. The second kappa shape index (κ2) is 10.6. The van der Waals surface area contributed by atoms with Gasteiger partial charge in [-0.15, -0.1) is 24.0 Å². The highest BCUT2D eigenvalue weighted by atomic mass is 127. The van der Waals surface area contributed by atoms with Gasteiger partial charge in [-0.2, -0.15) is 17.5 Å². The van der Waals surface area contributed by atoms with Crippen molar-refractivity contribution in [2.75, 3.05) is 32.4 Å². The highest BCUT2D eigenvalue weighted by Crippen LogP contribution is 2.28. The number of hydrogen-bond acceptors (Lipinski definition) is 4. The zero-order chi connectivity index (χ0) is 20.2. The number of rotatable bonds is 5. The van der Waals surface area contributed by atoms with Gasteiger partial charge >= 0.3 is 15.5 Å². The summed E-state index contributed by atoms with van der Waals surface area (Å²) in [5, 5.41) is 6.09. The Morgan fingerprint density at radius 3 is 2.15 bits per heavy atom.